The fourth-order valence-electron chi connectivity index (χ4n) is 3.93. The molecule has 2 heterocycles. The predicted octanol–water partition coefficient (Wildman–Crippen LogP) is 1.69. The summed E-state index contributed by atoms with van der Waals surface area (Å²) >= 11 is 0. The topological polar surface area (TPSA) is 66.6 Å². The molecule has 2 fully saturated rings. The average Bonchev–Trinajstić information content (AvgIpc) is 3.06. The Kier molecular flexibility index (Phi) is 4.85. The molecule has 2 aliphatic rings. The van der Waals surface area contributed by atoms with Crippen LogP contribution in [0.25, 0.3) is 0 Å². The maximum absolute atomic E-state index is 13.4. The molecule has 1 aromatic carbocycles. The number of hydrogen-bond donors (Lipinski definition) is 1. The van der Waals surface area contributed by atoms with Gasteiger partial charge in [0.05, 0.1) is 6.04 Å². The minimum absolute atomic E-state index is 0.113. The van der Waals surface area contributed by atoms with E-state index in [2.05, 4.69) is 4.90 Å². The molecule has 0 saturated carbocycles. The van der Waals surface area contributed by atoms with Gasteiger partial charge in [0.2, 0.25) is 5.91 Å². The number of nitrogens with zero attached hydrogens (tertiary/aromatic N) is 2. The first-order valence-electron chi connectivity index (χ1n) is 8.58. The summed E-state index contributed by atoms with van der Waals surface area (Å²) < 4.78 is 13.4. The number of piperidine rings is 1. The smallest absolute Gasteiger partial charge is 0.254 e. The van der Waals surface area contributed by atoms with Crippen LogP contribution >= 0.6 is 0 Å². The van der Waals surface area contributed by atoms with Crippen molar-refractivity contribution in [2.24, 2.45) is 5.73 Å². The molecule has 24 heavy (non-hydrogen) atoms. The summed E-state index contributed by atoms with van der Waals surface area (Å²) in [6.45, 7) is 3.97. The molecule has 130 valence electrons. The standard InChI is InChI=1S/C18H24FN3O2/c1-12-4-5-13(19)11-15(12)18(24)21-9-6-14(7-10-21)22-8-2-3-16(22)17(20)23/h4-5,11,14,16H,2-3,6-10H2,1H3,(H2,20,23). The van der Waals surface area contributed by atoms with Crippen molar-refractivity contribution in [3.05, 3.63) is 35.1 Å². The Balaban J connectivity index is 1.63. The molecule has 2 N–H and O–H groups in total. The molecular formula is C18H24FN3O2. The van der Waals surface area contributed by atoms with Gasteiger partial charge in [-0.3, -0.25) is 14.5 Å². The first-order chi connectivity index (χ1) is 11.5. The molecule has 2 aliphatic heterocycles. The van der Waals surface area contributed by atoms with Gasteiger partial charge in [0, 0.05) is 24.7 Å². The highest BCUT2D eigenvalue weighted by atomic mass is 19.1. The first-order valence-corrected chi connectivity index (χ1v) is 8.58. The van der Waals surface area contributed by atoms with Gasteiger partial charge in [-0.25, -0.2) is 4.39 Å². The molecule has 1 unspecified atom stereocenters. The number of carbonyl (C=O) groups excluding carboxylic acids is 2. The van der Waals surface area contributed by atoms with E-state index in [0.717, 1.165) is 37.8 Å². The van der Waals surface area contributed by atoms with Gasteiger partial charge >= 0.3 is 0 Å². The van der Waals surface area contributed by atoms with Crippen LogP contribution in [0.2, 0.25) is 0 Å². The normalized spacial score (nSPS) is 22.8. The number of aryl methyl sites for hydroxylation is 1. The molecule has 0 aliphatic carbocycles. The minimum Gasteiger partial charge on any atom is -0.368 e. The second-order valence-electron chi connectivity index (χ2n) is 6.78. The Hall–Kier alpha value is -1.95. The molecule has 0 aromatic heterocycles. The van der Waals surface area contributed by atoms with Crippen LogP contribution in [0.15, 0.2) is 18.2 Å². The van der Waals surface area contributed by atoms with Crippen LogP contribution in [-0.2, 0) is 4.79 Å². The zero-order valence-electron chi connectivity index (χ0n) is 14.0. The van der Waals surface area contributed by atoms with E-state index in [1.165, 1.54) is 12.1 Å². The summed E-state index contributed by atoms with van der Waals surface area (Å²) in [5, 5.41) is 0. The molecule has 3 rings (SSSR count). The minimum atomic E-state index is -0.389. The molecule has 0 spiro atoms. The van der Waals surface area contributed by atoms with E-state index in [0.29, 0.717) is 24.7 Å². The number of likely N-dealkylation sites (tertiary alicyclic amines) is 2. The van der Waals surface area contributed by atoms with Gasteiger partial charge in [0.1, 0.15) is 5.82 Å². The number of rotatable bonds is 3. The summed E-state index contributed by atoms with van der Waals surface area (Å²) in [5.41, 5.74) is 6.72. The van der Waals surface area contributed by atoms with Gasteiger partial charge in [0.25, 0.3) is 5.91 Å². The Bertz CT molecular complexity index is 641. The van der Waals surface area contributed by atoms with Crippen molar-refractivity contribution in [1.29, 1.82) is 0 Å². The Morgan fingerprint density at radius 3 is 2.54 bits per heavy atom. The third kappa shape index (κ3) is 3.29. The van der Waals surface area contributed by atoms with Crippen molar-refractivity contribution in [3.8, 4) is 0 Å². The Labute approximate surface area is 141 Å². The predicted molar refractivity (Wildman–Crippen MR) is 89.0 cm³/mol. The summed E-state index contributed by atoms with van der Waals surface area (Å²) in [4.78, 5) is 28.2. The molecule has 6 heteroatoms. The number of amides is 2. The number of carbonyl (C=O) groups is 2. The van der Waals surface area contributed by atoms with E-state index in [9.17, 15) is 14.0 Å². The second kappa shape index (κ2) is 6.89. The Morgan fingerprint density at radius 1 is 1.17 bits per heavy atom. The molecule has 1 atom stereocenters. The van der Waals surface area contributed by atoms with E-state index in [4.69, 9.17) is 5.73 Å². The van der Waals surface area contributed by atoms with Crippen LogP contribution in [-0.4, -0.2) is 53.3 Å². The zero-order valence-corrected chi connectivity index (χ0v) is 14.0. The van der Waals surface area contributed by atoms with E-state index in [-0.39, 0.29) is 23.7 Å². The van der Waals surface area contributed by atoms with Crippen molar-refractivity contribution < 1.29 is 14.0 Å². The van der Waals surface area contributed by atoms with Crippen molar-refractivity contribution in [2.75, 3.05) is 19.6 Å². The van der Waals surface area contributed by atoms with Gasteiger partial charge in [0.15, 0.2) is 0 Å². The summed E-state index contributed by atoms with van der Waals surface area (Å²) in [6, 6.07) is 4.45. The molecule has 2 amide bonds. The summed E-state index contributed by atoms with van der Waals surface area (Å²) in [7, 11) is 0. The van der Waals surface area contributed by atoms with Crippen LogP contribution in [0.5, 0.6) is 0 Å². The zero-order chi connectivity index (χ0) is 17.3. The monoisotopic (exact) mass is 333 g/mol. The van der Waals surface area contributed by atoms with Gasteiger partial charge in [-0.05, 0) is 56.8 Å². The first kappa shape index (κ1) is 16.9. The summed E-state index contributed by atoms with van der Waals surface area (Å²) in [6.07, 6.45) is 3.47. The number of nitrogens with two attached hydrogens (primary N) is 1. The molecule has 5 nitrogen and oxygen atoms in total. The number of hydrogen-bond acceptors (Lipinski definition) is 3. The highest BCUT2D eigenvalue weighted by Crippen LogP contribution is 2.26. The molecule has 2 saturated heterocycles. The summed E-state index contributed by atoms with van der Waals surface area (Å²) in [5.74, 6) is -0.750. The Morgan fingerprint density at radius 2 is 1.88 bits per heavy atom. The average molecular weight is 333 g/mol. The van der Waals surface area contributed by atoms with Crippen molar-refractivity contribution in [1.82, 2.24) is 9.80 Å². The number of benzene rings is 1. The lowest BCUT2D eigenvalue weighted by Gasteiger charge is -2.38. The highest BCUT2D eigenvalue weighted by molar-refractivity contribution is 5.95. The van der Waals surface area contributed by atoms with Crippen LogP contribution < -0.4 is 5.73 Å². The molecule has 0 radical (unpaired) electrons. The molecule has 0 bridgehead atoms. The van der Waals surface area contributed by atoms with Crippen LogP contribution in [0.1, 0.15) is 41.6 Å². The van der Waals surface area contributed by atoms with E-state index >= 15 is 0 Å². The SMILES string of the molecule is Cc1ccc(F)cc1C(=O)N1CCC(N2CCCC2C(N)=O)CC1. The molecule has 1 aromatic rings. The van der Waals surface area contributed by atoms with Gasteiger partial charge in [-0.15, -0.1) is 0 Å². The largest absolute Gasteiger partial charge is 0.368 e. The molecular weight excluding hydrogens is 309 g/mol. The van der Waals surface area contributed by atoms with Gasteiger partial charge in [-0.1, -0.05) is 6.07 Å². The lowest BCUT2D eigenvalue weighted by atomic mass is 10.00. The highest BCUT2D eigenvalue weighted by Gasteiger charge is 2.36. The van der Waals surface area contributed by atoms with Crippen LogP contribution in [0, 0.1) is 12.7 Å². The van der Waals surface area contributed by atoms with Crippen molar-refractivity contribution in [3.63, 3.8) is 0 Å². The second-order valence-corrected chi connectivity index (χ2v) is 6.78. The number of halogens is 1. The maximum Gasteiger partial charge on any atom is 0.254 e. The van der Waals surface area contributed by atoms with Crippen LogP contribution in [0.4, 0.5) is 4.39 Å². The van der Waals surface area contributed by atoms with E-state index in [1.54, 1.807) is 11.0 Å². The van der Waals surface area contributed by atoms with Gasteiger partial charge in [-0.2, -0.15) is 0 Å². The third-order valence-electron chi connectivity index (χ3n) is 5.27. The fourth-order valence-corrected chi connectivity index (χ4v) is 3.93. The van der Waals surface area contributed by atoms with E-state index in [1.807, 2.05) is 6.92 Å². The number of primary amides is 1. The van der Waals surface area contributed by atoms with Gasteiger partial charge < -0.3 is 10.6 Å². The van der Waals surface area contributed by atoms with Crippen LogP contribution in [0.3, 0.4) is 0 Å². The third-order valence-corrected chi connectivity index (χ3v) is 5.27. The van der Waals surface area contributed by atoms with E-state index < -0.39 is 0 Å². The lowest BCUT2D eigenvalue weighted by molar-refractivity contribution is -0.123. The maximum atomic E-state index is 13.4. The fraction of sp³-hybridized carbons (Fsp3) is 0.556. The van der Waals surface area contributed by atoms with Crippen molar-refractivity contribution >= 4 is 11.8 Å². The lowest BCUT2D eigenvalue weighted by Crippen LogP contribution is -2.51. The quantitative estimate of drug-likeness (QED) is 0.915. The van der Waals surface area contributed by atoms with Crippen molar-refractivity contribution in [2.45, 2.75) is 44.7 Å².